The third-order valence-corrected chi connectivity index (χ3v) is 4.95. The topological polar surface area (TPSA) is 79.8 Å². The summed E-state index contributed by atoms with van der Waals surface area (Å²) in [6.07, 6.45) is 0.0487. The molecule has 1 aliphatic heterocycles. The lowest BCUT2D eigenvalue weighted by Gasteiger charge is -2.20. The number of carbonyl (C=O) groups excluding carboxylic acids is 2. The number of hydrogen-bond donors (Lipinski definition) is 2. The zero-order chi connectivity index (χ0) is 21.5. The SMILES string of the molecule is Cc1ccc(C2=NO[C@H](C(=O)N[C@H](Cc3ccccc3)C(=O)NCC(C)C)C2)cc1. The van der Waals surface area contributed by atoms with E-state index < -0.39 is 12.1 Å². The molecule has 6 heteroatoms. The molecule has 0 aliphatic carbocycles. The molecule has 158 valence electrons. The summed E-state index contributed by atoms with van der Waals surface area (Å²) in [6.45, 7) is 6.63. The maximum atomic E-state index is 12.8. The number of aryl methyl sites for hydroxylation is 1. The average molecular weight is 408 g/mol. The standard InChI is InChI=1S/C24H29N3O3/c1-16(2)15-25-23(28)21(13-18-7-5-4-6-8-18)26-24(29)22-14-20(27-30-22)19-11-9-17(3)10-12-19/h4-12,16,21-22H,13-15H2,1-3H3,(H,25,28)(H,26,29)/t21-,22+/m1/s1. The second-order valence-corrected chi connectivity index (χ2v) is 8.09. The molecule has 3 rings (SSSR count). The maximum Gasteiger partial charge on any atom is 0.265 e. The maximum absolute atomic E-state index is 12.8. The number of oxime groups is 1. The van der Waals surface area contributed by atoms with Gasteiger partial charge in [0, 0.05) is 19.4 Å². The van der Waals surface area contributed by atoms with E-state index in [2.05, 4.69) is 15.8 Å². The first kappa shape index (κ1) is 21.6. The van der Waals surface area contributed by atoms with Crippen molar-refractivity contribution in [2.45, 2.75) is 45.8 Å². The van der Waals surface area contributed by atoms with Crippen LogP contribution in [0.2, 0.25) is 0 Å². The molecule has 2 aromatic rings. The van der Waals surface area contributed by atoms with Gasteiger partial charge in [0.15, 0.2) is 0 Å². The number of nitrogens with one attached hydrogen (secondary N) is 2. The second-order valence-electron chi connectivity index (χ2n) is 8.09. The van der Waals surface area contributed by atoms with Gasteiger partial charge in [-0.3, -0.25) is 9.59 Å². The number of nitrogens with zero attached hydrogens (tertiary/aromatic N) is 1. The third kappa shape index (κ3) is 5.92. The van der Waals surface area contributed by atoms with Crippen LogP contribution in [0.25, 0.3) is 0 Å². The zero-order valence-electron chi connectivity index (χ0n) is 17.7. The first-order chi connectivity index (χ1) is 14.4. The van der Waals surface area contributed by atoms with Crippen molar-refractivity contribution in [3.05, 3.63) is 71.3 Å². The summed E-state index contributed by atoms with van der Waals surface area (Å²) in [5, 5.41) is 9.87. The summed E-state index contributed by atoms with van der Waals surface area (Å²) >= 11 is 0. The van der Waals surface area contributed by atoms with Gasteiger partial charge in [0.25, 0.3) is 5.91 Å². The molecule has 1 aliphatic rings. The lowest BCUT2D eigenvalue weighted by Crippen LogP contribution is -2.51. The lowest BCUT2D eigenvalue weighted by molar-refractivity contribution is -0.135. The third-order valence-electron chi connectivity index (χ3n) is 4.95. The van der Waals surface area contributed by atoms with E-state index in [0.29, 0.717) is 25.3 Å². The van der Waals surface area contributed by atoms with E-state index >= 15 is 0 Å². The highest BCUT2D eigenvalue weighted by Crippen LogP contribution is 2.18. The van der Waals surface area contributed by atoms with Crippen LogP contribution in [0.1, 0.15) is 37.0 Å². The molecule has 1 heterocycles. The highest BCUT2D eigenvalue weighted by Gasteiger charge is 2.32. The monoisotopic (exact) mass is 407 g/mol. The van der Waals surface area contributed by atoms with E-state index in [-0.39, 0.29) is 11.8 Å². The normalized spacial score (nSPS) is 16.5. The minimum absolute atomic E-state index is 0.196. The van der Waals surface area contributed by atoms with Gasteiger partial charge >= 0.3 is 0 Å². The first-order valence-corrected chi connectivity index (χ1v) is 10.3. The molecule has 0 radical (unpaired) electrons. The van der Waals surface area contributed by atoms with Gasteiger partial charge in [0.05, 0.1) is 5.71 Å². The zero-order valence-corrected chi connectivity index (χ0v) is 17.7. The van der Waals surface area contributed by atoms with Crippen molar-refractivity contribution in [3.8, 4) is 0 Å². The summed E-state index contributed by atoms with van der Waals surface area (Å²) < 4.78 is 0. The predicted molar refractivity (Wildman–Crippen MR) is 117 cm³/mol. The van der Waals surface area contributed by atoms with E-state index in [9.17, 15) is 9.59 Å². The molecule has 30 heavy (non-hydrogen) atoms. The van der Waals surface area contributed by atoms with Gasteiger partial charge in [0.1, 0.15) is 6.04 Å². The van der Waals surface area contributed by atoms with E-state index in [1.165, 1.54) is 0 Å². The van der Waals surface area contributed by atoms with Gasteiger partial charge in [-0.15, -0.1) is 0 Å². The molecule has 2 N–H and O–H groups in total. The largest absolute Gasteiger partial charge is 0.382 e. The highest BCUT2D eigenvalue weighted by molar-refractivity contribution is 6.04. The van der Waals surface area contributed by atoms with Crippen molar-refractivity contribution in [2.24, 2.45) is 11.1 Å². The Bertz CT molecular complexity index is 892. The van der Waals surface area contributed by atoms with Crippen molar-refractivity contribution in [2.75, 3.05) is 6.54 Å². The summed E-state index contributed by atoms with van der Waals surface area (Å²) in [7, 11) is 0. The Morgan fingerprint density at radius 2 is 1.80 bits per heavy atom. The summed E-state index contributed by atoms with van der Waals surface area (Å²) in [5.74, 6) is -0.203. The van der Waals surface area contributed by atoms with E-state index in [1.807, 2.05) is 75.4 Å². The number of carbonyl (C=O) groups is 2. The Kier molecular flexibility index (Phi) is 7.22. The molecule has 0 saturated carbocycles. The van der Waals surface area contributed by atoms with Gasteiger partial charge in [-0.1, -0.05) is 79.2 Å². The van der Waals surface area contributed by atoms with Crippen LogP contribution in [0, 0.1) is 12.8 Å². The highest BCUT2D eigenvalue weighted by atomic mass is 16.6. The van der Waals surface area contributed by atoms with Crippen molar-refractivity contribution in [1.29, 1.82) is 0 Å². The van der Waals surface area contributed by atoms with Crippen LogP contribution in [0.3, 0.4) is 0 Å². The van der Waals surface area contributed by atoms with Crippen LogP contribution in [-0.2, 0) is 20.8 Å². The Balaban J connectivity index is 1.63. The summed E-state index contributed by atoms with van der Waals surface area (Å²) in [4.78, 5) is 30.9. The molecule has 0 saturated heterocycles. The first-order valence-electron chi connectivity index (χ1n) is 10.3. The molecule has 2 amide bonds. The van der Waals surface area contributed by atoms with Crippen LogP contribution in [0.4, 0.5) is 0 Å². The number of amides is 2. The van der Waals surface area contributed by atoms with Gasteiger partial charge in [-0.2, -0.15) is 0 Å². The molecule has 0 unspecified atom stereocenters. The Hall–Kier alpha value is -3.15. The van der Waals surface area contributed by atoms with Gasteiger partial charge in [-0.05, 0) is 24.0 Å². The number of benzene rings is 2. The van der Waals surface area contributed by atoms with E-state index in [4.69, 9.17) is 4.84 Å². The van der Waals surface area contributed by atoms with Gasteiger partial charge in [-0.25, -0.2) is 0 Å². The van der Waals surface area contributed by atoms with E-state index in [0.717, 1.165) is 22.4 Å². The Morgan fingerprint density at radius 3 is 2.47 bits per heavy atom. The minimum Gasteiger partial charge on any atom is -0.382 e. The van der Waals surface area contributed by atoms with Crippen molar-refractivity contribution in [1.82, 2.24) is 10.6 Å². The minimum atomic E-state index is -0.738. The van der Waals surface area contributed by atoms with Crippen molar-refractivity contribution in [3.63, 3.8) is 0 Å². The van der Waals surface area contributed by atoms with Crippen LogP contribution < -0.4 is 10.6 Å². The van der Waals surface area contributed by atoms with Crippen LogP contribution in [0.15, 0.2) is 59.8 Å². The molecule has 0 fully saturated rings. The fraction of sp³-hybridized carbons (Fsp3) is 0.375. The Morgan fingerprint density at radius 1 is 1.10 bits per heavy atom. The van der Waals surface area contributed by atoms with E-state index in [1.54, 1.807) is 0 Å². The number of hydrogen-bond acceptors (Lipinski definition) is 4. The van der Waals surface area contributed by atoms with Gasteiger partial charge < -0.3 is 15.5 Å². The summed E-state index contributed by atoms with van der Waals surface area (Å²) in [6, 6.07) is 16.9. The van der Waals surface area contributed by atoms with Crippen LogP contribution >= 0.6 is 0 Å². The quantitative estimate of drug-likeness (QED) is 0.706. The molecule has 6 nitrogen and oxygen atoms in total. The average Bonchev–Trinajstić information content (AvgIpc) is 3.23. The lowest BCUT2D eigenvalue weighted by atomic mass is 10.0. The molecular weight excluding hydrogens is 378 g/mol. The molecule has 2 atom stereocenters. The molecule has 0 bridgehead atoms. The van der Waals surface area contributed by atoms with Crippen molar-refractivity contribution < 1.29 is 14.4 Å². The van der Waals surface area contributed by atoms with Crippen LogP contribution in [-0.4, -0.2) is 36.2 Å². The van der Waals surface area contributed by atoms with Crippen LogP contribution in [0.5, 0.6) is 0 Å². The summed E-state index contributed by atoms with van der Waals surface area (Å²) in [5.41, 5.74) is 3.81. The fourth-order valence-corrected chi connectivity index (χ4v) is 3.19. The smallest absolute Gasteiger partial charge is 0.265 e. The van der Waals surface area contributed by atoms with Crippen molar-refractivity contribution >= 4 is 17.5 Å². The molecule has 0 spiro atoms. The molecule has 0 aromatic heterocycles. The second kappa shape index (κ2) is 10.1. The van der Waals surface area contributed by atoms with Gasteiger partial charge in [0.2, 0.25) is 12.0 Å². The molecular formula is C24H29N3O3. The number of rotatable bonds is 8. The predicted octanol–water partition coefficient (Wildman–Crippen LogP) is 2.99. The molecule has 2 aromatic carbocycles. The Labute approximate surface area is 177 Å². The fourth-order valence-electron chi connectivity index (χ4n) is 3.19.